The van der Waals surface area contributed by atoms with E-state index in [9.17, 15) is 14.0 Å². The number of carbonyl (C=O) groups is 2. The molecule has 0 aliphatic carbocycles. The minimum Gasteiger partial charge on any atom is -0.494 e. The molecule has 0 atom stereocenters. The summed E-state index contributed by atoms with van der Waals surface area (Å²) < 4.78 is 18.6. The number of hydrogen-bond acceptors (Lipinski definition) is 3. The topological polar surface area (TPSA) is 49.9 Å². The van der Waals surface area contributed by atoms with Crippen LogP contribution in [0.1, 0.15) is 37.7 Å². The highest BCUT2D eigenvalue weighted by Crippen LogP contribution is 2.23. The molecule has 0 saturated carbocycles. The van der Waals surface area contributed by atoms with Crippen LogP contribution in [0.15, 0.2) is 18.2 Å². The van der Waals surface area contributed by atoms with Crippen molar-refractivity contribution in [3.8, 4) is 5.75 Å². The number of amides is 2. The summed E-state index contributed by atoms with van der Waals surface area (Å²) in [5, 5.41) is 0. The van der Waals surface area contributed by atoms with Gasteiger partial charge in [-0.15, -0.1) is 0 Å². The molecule has 0 aromatic heterocycles. The molecule has 0 spiro atoms. The molecule has 2 heterocycles. The van der Waals surface area contributed by atoms with Crippen LogP contribution in [0.3, 0.4) is 0 Å². The van der Waals surface area contributed by atoms with Crippen LogP contribution in [-0.4, -0.2) is 54.4 Å². The number of methoxy groups -OCH3 is 1. The lowest BCUT2D eigenvalue weighted by Crippen LogP contribution is -2.47. The highest BCUT2D eigenvalue weighted by atomic mass is 19.1. The predicted octanol–water partition coefficient (Wildman–Crippen LogP) is 2.38. The highest BCUT2D eigenvalue weighted by Gasteiger charge is 2.31. The molecule has 5 nitrogen and oxygen atoms in total. The zero-order valence-electron chi connectivity index (χ0n) is 14.7. The standard InChI is InChI=1S/C19H25FN2O3/c1-25-17-6-4-14(13-16(17)20)5-7-18(23)21-11-8-15(9-12-21)22-10-2-3-19(22)24/h4,6,13,15H,2-3,5,7-12H2,1H3. The van der Waals surface area contributed by atoms with Gasteiger partial charge in [-0.1, -0.05) is 6.07 Å². The summed E-state index contributed by atoms with van der Waals surface area (Å²) >= 11 is 0. The van der Waals surface area contributed by atoms with Gasteiger partial charge in [0.1, 0.15) is 0 Å². The Morgan fingerprint density at radius 2 is 2.04 bits per heavy atom. The normalized spacial score (nSPS) is 18.7. The van der Waals surface area contributed by atoms with E-state index in [1.807, 2.05) is 9.80 Å². The Labute approximate surface area is 147 Å². The lowest BCUT2D eigenvalue weighted by Gasteiger charge is -2.36. The number of aryl methyl sites for hydroxylation is 1. The molecule has 2 fully saturated rings. The zero-order valence-corrected chi connectivity index (χ0v) is 14.7. The number of nitrogens with zero attached hydrogens (tertiary/aromatic N) is 2. The molecule has 0 N–H and O–H groups in total. The van der Waals surface area contributed by atoms with Crippen molar-refractivity contribution in [3.63, 3.8) is 0 Å². The van der Waals surface area contributed by atoms with Crippen LogP contribution in [0.5, 0.6) is 5.75 Å². The molecule has 2 aliphatic heterocycles. The molecule has 0 unspecified atom stereocenters. The van der Waals surface area contributed by atoms with Gasteiger partial charge in [-0.25, -0.2) is 4.39 Å². The molecular weight excluding hydrogens is 323 g/mol. The lowest BCUT2D eigenvalue weighted by atomic mass is 10.0. The van der Waals surface area contributed by atoms with E-state index in [1.165, 1.54) is 13.2 Å². The molecule has 0 radical (unpaired) electrons. The van der Waals surface area contributed by atoms with Crippen molar-refractivity contribution in [2.45, 2.75) is 44.6 Å². The monoisotopic (exact) mass is 348 g/mol. The van der Waals surface area contributed by atoms with Crippen LogP contribution in [0.2, 0.25) is 0 Å². The van der Waals surface area contributed by atoms with Gasteiger partial charge in [-0.05, 0) is 43.4 Å². The number of hydrogen-bond donors (Lipinski definition) is 0. The summed E-state index contributed by atoms with van der Waals surface area (Å²) in [6.45, 7) is 2.26. The van der Waals surface area contributed by atoms with Gasteiger partial charge in [0.05, 0.1) is 7.11 Å². The maximum Gasteiger partial charge on any atom is 0.222 e. The molecule has 2 saturated heterocycles. The predicted molar refractivity (Wildman–Crippen MR) is 91.8 cm³/mol. The molecule has 2 amide bonds. The lowest BCUT2D eigenvalue weighted by molar-refractivity contribution is -0.134. The van der Waals surface area contributed by atoms with Gasteiger partial charge >= 0.3 is 0 Å². The Morgan fingerprint density at radius 3 is 2.64 bits per heavy atom. The van der Waals surface area contributed by atoms with Crippen LogP contribution < -0.4 is 4.74 Å². The van der Waals surface area contributed by atoms with Gasteiger partial charge < -0.3 is 14.5 Å². The van der Waals surface area contributed by atoms with Crippen LogP contribution in [-0.2, 0) is 16.0 Å². The minimum atomic E-state index is -0.399. The Morgan fingerprint density at radius 1 is 1.28 bits per heavy atom. The Kier molecular flexibility index (Phi) is 5.56. The first-order chi connectivity index (χ1) is 12.1. The first-order valence-electron chi connectivity index (χ1n) is 8.98. The Bertz CT molecular complexity index is 642. The number of carbonyl (C=O) groups excluding carboxylic acids is 2. The molecule has 6 heteroatoms. The average Bonchev–Trinajstić information content (AvgIpc) is 3.06. The van der Waals surface area contributed by atoms with Gasteiger partial charge in [0.15, 0.2) is 11.6 Å². The number of likely N-dealkylation sites (tertiary alicyclic amines) is 2. The second kappa shape index (κ2) is 7.85. The van der Waals surface area contributed by atoms with Crippen LogP contribution in [0.25, 0.3) is 0 Å². The Balaban J connectivity index is 1.46. The Hall–Kier alpha value is -2.11. The van der Waals surface area contributed by atoms with Crippen molar-refractivity contribution in [3.05, 3.63) is 29.6 Å². The van der Waals surface area contributed by atoms with Gasteiger partial charge in [-0.2, -0.15) is 0 Å². The van der Waals surface area contributed by atoms with E-state index >= 15 is 0 Å². The van der Waals surface area contributed by atoms with Gasteiger partial charge in [0.25, 0.3) is 0 Å². The molecule has 1 aromatic rings. The summed E-state index contributed by atoms with van der Waals surface area (Å²) in [6, 6.07) is 5.10. The maximum absolute atomic E-state index is 13.7. The number of halogens is 1. The number of ether oxygens (including phenoxy) is 1. The summed E-state index contributed by atoms with van der Waals surface area (Å²) in [6.07, 6.45) is 4.22. The SMILES string of the molecule is COc1ccc(CCC(=O)N2CCC(N3CCCC3=O)CC2)cc1F. The van der Waals surface area contributed by atoms with Crippen molar-refractivity contribution in [2.75, 3.05) is 26.7 Å². The van der Waals surface area contributed by atoms with Crippen molar-refractivity contribution >= 4 is 11.8 Å². The average molecular weight is 348 g/mol. The first kappa shape index (κ1) is 17.7. The largest absolute Gasteiger partial charge is 0.494 e. The van der Waals surface area contributed by atoms with E-state index in [2.05, 4.69) is 0 Å². The van der Waals surface area contributed by atoms with Gasteiger partial charge in [0, 0.05) is 38.5 Å². The summed E-state index contributed by atoms with van der Waals surface area (Å²) in [4.78, 5) is 28.1. The fourth-order valence-corrected chi connectivity index (χ4v) is 3.76. The number of rotatable bonds is 5. The molecule has 3 rings (SSSR count). The van der Waals surface area contributed by atoms with Gasteiger partial charge in [-0.3, -0.25) is 9.59 Å². The van der Waals surface area contributed by atoms with E-state index in [1.54, 1.807) is 12.1 Å². The highest BCUT2D eigenvalue weighted by molar-refractivity contribution is 5.79. The van der Waals surface area contributed by atoms with E-state index in [0.29, 0.717) is 32.4 Å². The third-order valence-electron chi connectivity index (χ3n) is 5.21. The number of piperidine rings is 1. The van der Waals surface area contributed by atoms with Crippen molar-refractivity contribution in [1.82, 2.24) is 9.80 Å². The van der Waals surface area contributed by atoms with E-state index in [0.717, 1.165) is 31.4 Å². The van der Waals surface area contributed by atoms with E-state index in [-0.39, 0.29) is 23.6 Å². The summed E-state index contributed by atoms with van der Waals surface area (Å²) in [5.74, 6) is 0.172. The van der Waals surface area contributed by atoms with Crippen molar-refractivity contribution in [2.24, 2.45) is 0 Å². The van der Waals surface area contributed by atoms with Crippen LogP contribution >= 0.6 is 0 Å². The van der Waals surface area contributed by atoms with E-state index < -0.39 is 5.82 Å². The van der Waals surface area contributed by atoms with Crippen LogP contribution in [0, 0.1) is 5.82 Å². The number of benzene rings is 1. The van der Waals surface area contributed by atoms with E-state index in [4.69, 9.17) is 4.74 Å². The second-order valence-electron chi connectivity index (χ2n) is 6.77. The molecule has 136 valence electrons. The quantitative estimate of drug-likeness (QED) is 0.821. The summed E-state index contributed by atoms with van der Waals surface area (Å²) in [5.41, 5.74) is 0.796. The van der Waals surface area contributed by atoms with Gasteiger partial charge in [0.2, 0.25) is 11.8 Å². The third kappa shape index (κ3) is 4.11. The fourth-order valence-electron chi connectivity index (χ4n) is 3.76. The first-order valence-corrected chi connectivity index (χ1v) is 8.98. The molecule has 2 aliphatic rings. The second-order valence-corrected chi connectivity index (χ2v) is 6.77. The van der Waals surface area contributed by atoms with Crippen molar-refractivity contribution < 1.29 is 18.7 Å². The smallest absolute Gasteiger partial charge is 0.222 e. The zero-order chi connectivity index (χ0) is 17.8. The summed E-state index contributed by atoms with van der Waals surface area (Å²) in [7, 11) is 1.43. The van der Waals surface area contributed by atoms with Crippen LogP contribution in [0.4, 0.5) is 4.39 Å². The molecule has 0 bridgehead atoms. The minimum absolute atomic E-state index is 0.0995. The molecular formula is C19H25FN2O3. The molecule has 25 heavy (non-hydrogen) atoms. The van der Waals surface area contributed by atoms with Crippen molar-refractivity contribution in [1.29, 1.82) is 0 Å². The third-order valence-corrected chi connectivity index (χ3v) is 5.21. The maximum atomic E-state index is 13.7. The fraction of sp³-hybridized carbons (Fsp3) is 0.579. The molecule has 1 aromatic carbocycles.